The highest BCUT2D eigenvalue weighted by molar-refractivity contribution is 7.24. The molecule has 1 aromatic heterocycles. The van der Waals surface area contributed by atoms with Crippen molar-refractivity contribution in [2.75, 3.05) is 0 Å². The van der Waals surface area contributed by atoms with Crippen LogP contribution in [-0.4, -0.2) is 0 Å². The second-order valence-electron chi connectivity index (χ2n) is 4.53. The number of benzene rings is 2. The lowest BCUT2D eigenvalue weighted by atomic mass is 10.1. The normalized spacial score (nSPS) is 11.6. The van der Waals surface area contributed by atoms with Gasteiger partial charge in [-0.15, -0.1) is 11.3 Å². The summed E-state index contributed by atoms with van der Waals surface area (Å²) < 4.78 is 2.12. The minimum Gasteiger partial charge on any atom is -0.289 e. The molecule has 0 N–H and O–H groups in total. The van der Waals surface area contributed by atoms with E-state index in [1.54, 1.807) is 11.3 Å². The molecule has 0 saturated heterocycles. The van der Waals surface area contributed by atoms with Crippen molar-refractivity contribution in [1.29, 1.82) is 0 Å². The maximum Gasteiger partial charge on any atom is 0.195 e. The van der Waals surface area contributed by atoms with Crippen molar-refractivity contribution in [2.24, 2.45) is 0 Å². The Balaban J connectivity index is 2.30. The van der Waals surface area contributed by atoms with Gasteiger partial charge in [0.05, 0.1) is 0 Å². The molecule has 0 fully saturated rings. The first kappa shape index (κ1) is 12.1. The third-order valence-corrected chi connectivity index (χ3v) is 4.38. The fourth-order valence-electron chi connectivity index (χ4n) is 2.23. The van der Waals surface area contributed by atoms with Gasteiger partial charge in [0.25, 0.3) is 0 Å². The minimum atomic E-state index is 0.145. The van der Waals surface area contributed by atoms with Gasteiger partial charge < -0.3 is 0 Å². The van der Waals surface area contributed by atoms with Gasteiger partial charge in [0.15, 0.2) is 5.43 Å². The maximum absolute atomic E-state index is 12.5. The van der Waals surface area contributed by atoms with Crippen LogP contribution in [-0.2, 0) is 6.42 Å². The Bertz CT molecular complexity index is 827. The van der Waals surface area contributed by atoms with Crippen LogP contribution in [0.25, 0.3) is 20.2 Å². The average Bonchev–Trinajstić information content (AvgIpc) is 2.46. The van der Waals surface area contributed by atoms with Crippen LogP contribution >= 0.6 is 11.3 Å². The Morgan fingerprint density at radius 1 is 1.05 bits per heavy atom. The SMILES string of the molecule is C/C=C/Cc1ccc2sc3ccccc3c(=O)c2c1. The van der Waals surface area contributed by atoms with E-state index in [1.165, 1.54) is 5.56 Å². The molecule has 2 aromatic carbocycles. The number of allylic oxidation sites excluding steroid dienone is 2. The summed E-state index contributed by atoms with van der Waals surface area (Å²) in [6.45, 7) is 2.01. The summed E-state index contributed by atoms with van der Waals surface area (Å²) in [5.74, 6) is 0. The van der Waals surface area contributed by atoms with Crippen LogP contribution in [0, 0.1) is 0 Å². The molecule has 94 valence electrons. The largest absolute Gasteiger partial charge is 0.289 e. The number of fused-ring (bicyclic) bond motifs is 2. The van der Waals surface area contributed by atoms with E-state index in [4.69, 9.17) is 0 Å². The summed E-state index contributed by atoms with van der Waals surface area (Å²) in [6, 6.07) is 14.0. The van der Waals surface area contributed by atoms with Crippen molar-refractivity contribution in [3.05, 3.63) is 70.4 Å². The molecule has 0 atom stereocenters. The second-order valence-corrected chi connectivity index (χ2v) is 5.61. The van der Waals surface area contributed by atoms with Crippen molar-refractivity contribution in [1.82, 2.24) is 0 Å². The standard InChI is InChI=1S/C17H14OS/c1-2-3-6-12-9-10-16-14(11-12)17(18)13-7-4-5-8-15(13)19-16/h2-5,7-11H,6H2,1H3/b3-2+. The number of hydrogen-bond acceptors (Lipinski definition) is 2. The molecule has 3 aromatic rings. The topological polar surface area (TPSA) is 17.1 Å². The molecule has 0 saturated carbocycles. The van der Waals surface area contributed by atoms with E-state index in [0.717, 1.165) is 26.6 Å². The molecule has 2 heteroatoms. The van der Waals surface area contributed by atoms with Crippen molar-refractivity contribution >= 4 is 31.5 Å². The van der Waals surface area contributed by atoms with Crippen LogP contribution in [0.3, 0.4) is 0 Å². The third kappa shape index (κ3) is 2.20. The number of rotatable bonds is 2. The van der Waals surface area contributed by atoms with Gasteiger partial charge in [-0.3, -0.25) is 4.79 Å². The summed E-state index contributed by atoms with van der Waals surface area (Å²) in [5, 5.41) is 1.66. The molecule has 0 spiro atoms. The molecule has 0 amide bonds. The predicted octanol–water partition coefficient (Wildman–Crippen LogP) is 4.53. The lowest BCUT2D eigenvalue weighted by Gasteiger charge is -2.03. The summed E-state index contributed by atoms with van der Waals surface area (Å²) in [4.78, 5) is 12.5. The van der Waals surface area contributed by atoms with Gasteiger partial charge in [-0.1, -0.05) is 30.4 Å². The van der Waals surface area contributed by atoms with Crippen LogP contribution in [0.4, 0.5) is 0 Å². The Morgan fingerprint density at radius 3 is 2.68 bits per heavy atom. The lowest BCUT2D eigenvalue weighted by Crippen LogP contribution is -2.01. The van der Waals surface area contributed by atoms with E-state index < -0.39 is 0 Å². The lowest BCUT2D eigenvalue weighted by molar-refractivity contribution is 1.27. The van der Waals surface area contributed by atoms with Crippen LogP contribution in [0.15, 0.2) is 59.4 Å². The fourth-order valence-corrected chi connectivity index (χ4v) is 3.28. The van der Waals surface area contributed by atoms with Crippen LogP contribution in [0.5, 0.6) is 0 Å². The van der Waals surface area contributed by atoms with E-state index in [9.17, 15) is 4.79 Å². The van der Waals surface area contributed by atoms with Crippen molar-refractivity contribution < 1.29 is 0 Å². The van der Waals surface area contributed by atoms with Crippen molar-refractivity contribution in [3.8, 4) is 0 Å². The van der Waals surface area contributed by atoms with Crippen LogP contribution < -0.4 is 5.43 Å². The maximum atomic E-state index is 12.5. The van der Waals surface area contributed by atoms with Gasteiger partial charge >= 0.3 is 0 Å². The zero-order valence-electron chi connectivity index (χ0n) is 10.7. The molecule has 0 aliphatic rings. The Kier molecular flexibility index (Phi) is 3.18. The Labute approximate surface area is 115 Å². The first-order valence-corrected chi connectivity index (χ1v) is 7.17. The Hall–Kier alpha value is -1.93. The van der Waals surface area contributed by atoms with Crippen molar-refractivity contribution in [3.63, 3.8) is 0 Å². The molecule has 0 radical (unpaired) electrons. The molecule has 0 bridgehead atoms. The highest BCUT2D eigenvalue weighted by Crippen LogP contribution is 2.25. The van der Waals surface area contributed by atoms with Gasteiger partial charge in [0.2, 0.25) is 0 Å². The van der Waals surface area contributed by atoms with Crippen LogP contribution in [0.2, 0.25) is 0 Å². The predicted molar refractivity (Wildman–Crippen MR) is 84.1 cm³/mol. The molecular formula is C17H14OS. The van der Waals surface area contributed by atoms with Crippen LogP contribution in [0.1, 0.15) is 12.5 Å². The van der Waals surface area contributed by atoms with E-state index in [1.807, 2.05) is 43.3 Å². The average molecular weight is 266 g/mol. The van der Waals surface area contributed by atoms with Gasteiger partial charge in [-0.25, -0.2) is 0 Å². The van der Waals surface area contributed by atoms with E-state index >= 15 is 0 Å². The van der Waals surface area contributed by atoms with Gasteiger partial charge in [-0.05, 0) is 43.2 Å². The van der Waals surface area contributed by atoms with Gasteiger partial charge in [0.1, 0.15) is 0 Å². The minimum absolute atomic E-state index is 0.145. The third-order valence-electron chi connectivity index (χ3n) is 3.23. The smallest absolute Gasteiger partial charge is 0.195 e. The van der Waals surface area contributed by atoms with E-state index in [-0.39, 0.29) is 5.43 Å². The zero-order valence-corrected chi connectivity index (χ0v) is 11.5. The summed E-state index contributed by atoms with van der Waals surface area (Å²) in [6.07, 6.45) is 5.02. The highest BCUT2D eigenvalue weighted by Gasteiger charge is 2.05. The first-order chi connectivity index (χ1) is 9.29. The van der Waals surface area contributed by atoms with Crippen molar-refractivity contribution in [2.45, 2.75) is 13.3 Å². The number of hydrogen-bond donors (Lipinski definition) is 0. The second kappa shape index (κ2) is 4.98. The zero-order chi connectivity index (χ0) is 13.2. The van der Waals surface area contributed by atoms with Gasteiger partial charge in [-0.2, -0.15) is 0 Å². The summed E-state index contributed by atoms with van der Waals surface area (Å²) in [7, 11) is 0. The molecule has 0 unspecified atom stereocenters. The van der Waals surface area contributed by atoms with E-state index in [0.29, 0.717) is 0 Å². The Morgan fingerprint density at radius 2 is 1.84 bits per heavy atom. The highest BCUT2D eigenvalue weighted by atomic mass is 32.1. The van der Waals surface area contributed by atoms with Gasteiger partial charge in [0, 0.05) is 20.2 Å². The monoisotopic (exact) mass is 266 g/mol. The molecule has 1 nitrogen and oxygen atoms in total. The molecular weight excluding hydrogens is 252 g/mol. The molecule has 1 heterocycles. The van der Waals surface area contributed by atoms with E-state index in [2.05, 4.69) is 18.2 Å². The molecule has 19 heavy (non-hydrogen) atoms. The molecule has 0 aliphatic heterocycles. The molecule has 3 rings (SSSR count). The summed E-state index contributed by atoms with van der Waals surface area (Å²) in [5.41, 5.74) is 1.33. The molecule has 0 aliphatic carbocycles. The summed E-state index contributed by atoms with van der Waals surface area (Å²) >= 11 is 1.68. The first-order valence-electron chi connectivity index (χ1n) is 6.35. The fraction of sp³-hybridized carbons (Fsp3) is 0.118. The quantitative estimate of drug-likeness (QED) is 0.492.